The first kappa shape index (κ1) is 15.6. The van der Waals surface area contributed by atoms with Crippen molar-refractivity contribution in [3.63, 3.8) is 0 Å². The number of anilines is 1. The molecule has 1 unspecified atom stereocenters. The molecule has 0 saturated heterocycles. The van der Waals surface area contributed by atoms with E-state index in [1.807, 2.05) is 54.6 Å². The van der Waals surface area contributed by atoms with Gasteiger partial charge in [0.1, 0.15) is 0 Å². The van der Waals surface area contributed by atoms with E-state index in [1.54, 1.807) is 12.4 Å². The number of nitrogens with one attached hydrogen (secondary N) is 1. The van der Waals surface area contributed by atoms with Crippen LogP contribution in [0.2, 0.25) is 0 Å². The van der Waals surface area contributed by atoms with Crippen molar-refractivity contribution in [1.29, 1.82) is 0 Å². The van der Waals surface area contributed by atoms with E-state index in [0.717, 1.165) is 34.2 Å². The van der Waals surface area contributed by atoms with E-state index >= 15 is 0 Å². The third kappa shape index (κ3) is 2.80. The Labute approximate surface area is 155 Å². The molecule has 3 aromatic rings. The summed E-state index contributed by atoms with van der Waals surface area (Å²) in [5.74, 6) is 2.31. The van der Waals surface area contributed by atoms with Crippen LogP contribution in [0.1, 0.15) is 11.6 Å². The van der Waals surface area contributed by atoms with Crippen LogP contribution in [0.3, 0.4) is 0 Å². The minimum Gasteiger partial charge on any atom is -0.444 e. The van der Waals surface area contributed by atoms with Crippen molar-refractivity contribution in [2.75, 3.05) is 11.9 Å². The average Bonchev–Trinajstić information content (AvgIpc) is 3.43. The van der Waals surface area contributed by atoms with Gasteiger partial charge in [0, 0.05) is 42.5 Å². The normalized spacial score (nSPS) is 18.3. The highest BCUT2D eigenvalue weighted by Gasteiger charge is 2.32. The fourth-order valence-electron chi connectivity index (χ4n) is 3.28. The van der Waals surface area contributed by atoms with Gasteiger partial charge in [-0.1, -0.05) is 0 Å². The van der Waals surface area contributed by atoms with Crippen molar-refractivity contribution >= 4 is 17.4 Å². The molecule has 1 aromatic carbocycles. The summed E-state index contributed by atoms with van der Waals surface area (Å²) in [6.45, 7) is 0.677. The molecular weight excluding hydrogens is 342 g/mol. The Kier molecular flexibility index (Phi) is 3.60. The molecule has 2 aromatic heterocycles. The Morgan fingerprint density at radius 2 is 2.07 bits per heavy atom. The summed E-state index contributed by atoms with van der Waals surface area (Å²) in [5.41, 5.74) is 3.04. The highest BCUT2D eigenvalue weighted by Crippen LogP contribution is 2.29. The summed E-state index contributed by atoms with van der Waals surface area (Å²) in [7, 11) is 1.92. The lowest BCUT2D eigenvalue weighted by Gasteiger charge is -2.26. The number of nitrogens with zero attached hydrogens (tertiary/aromatic N) is 6. The molecule has 1 atom stereocenters. The van der Waals surface area contributed by atoms with Gasteiger partial charge in [-0.3, -0.25) is 9.67 Å². The van der Waals surface area contributed by atoms with Crippen molar-refractivity contribution in [2.24, 2.45) is 17.0 Å². The van der Waals surface area contributed by atoms with Gasteiger partial charge in [0.25, 0.3) is 0 Å². The number of hydrogen-bond donors (Lipinski definition) is 1. The number of benzene rings is 1. The lowest BCUT2D eigenvalue weighted by molar-refractivity contribution is 0.458. The number of amidine groups is 2. The van der Waals surface area contributed by atoms with E-state index in [9.17, 15) is 0 Å². The number of aliphatic imine (C=N–C) groups is 2. The summed E-state index contributed by atoms with van der Waals surface area (Å²) in [6.07, 6.45) is 10.8. The molecule has 134 valence electrons. The zero-order valence-electron chi connectivity index (χ0n) is 14.6. The van der Waals surface area contributed by atoms with E-state index in [1.165, 1.54) is 6.39 Å². The van der Waals surface area contributed by atoms with Crippen LogP contribution in [0.5, 0.6) is 0 Å². The first-order valence-corrected chi connectivity index (χ1v) is 8.60. The molecule has 0 fully saturated rings. The first-order chi connectivity index (χ1) is 13.3. The predicted octanol–water partition coefficient (Wildman–Crippen LogP) is 2.83. The zero-order chi connectivity index (χ0) is 18.2. The highest BCUT2D eigenvalue weighted by molar-refractivity contribution is 6.45. The van der Waals surface area contributed by atoms with E-state index < -0.39 is 0 Å². The van der Waals surface area contributed by atoms with Gasteiger partial charge in [0.05, 0.1) is 25.0 Å². The second-order valence-corrected chi connectivity index (χ2v) is 6.38. The minimum absolute atomic E-state index is 0.145. The Hall–Kier alpha value is -3.68. The van der Waals surface area contributed by atoms with E-state index in [4.69, 9.17) is 9.41 Å². The summed E-state index contributed by atoms with van der Waals surface area (Å²) in [5, 5.41) is 7.63. The fourth-order valence-corrected chi connectivity index (χ4v) is 3.28. The molecule has 4 heterocycles. The van der Waals surface area contributed by atoms with Crippen molar-refractivity contribution in [3.8, 4) is 11.3 Å². The molecule has 0 bridgehead atoms. The van der Waals surface area contributed by atoms with Crippen LogP contribution in [-0.2, 0) is 7.05 Å². The van der Waals surface area contributed by atoms with Crippen molar-refractivity contribution < 1.29 is 4.42 Å². The molecule has 0 aliphatic carbocycles. The Bertz CT molecular complexity index is 1040. The van der Waals surface area contributed by atoms with E-state index in [2.05, 4.69) is 25.3 Å². The van der Waals surface area contributed by atoms with Crippen LogP contribution < -0.4 is 5.32 Å². The fraction of sp³-hybridized carbons (Fsp3) is 0.158. The number of fused-ring (bicyclic) bond motifs is 1. The zero-order valence-corrected chi connectivity index (χ0v) is 14.6. The SMILES string of the molecule is Cn1cc(C2CN=C3C(Nc4ccc(-c5cnco5)cc4)=NC=CN32)cn1. The van der Waals surface area contributed by atoms with Crippen molar-refractivity contribution in [3.05, 3.63) is 67.2 Å². The van der Waals surface area contributed by atoms with Crippen molar-refractivity contribution in [2.45, 2.75) is 6.04 Å². The summed E-state index contributed by atoms with van der Waals surface area (Å²) in [4.78, 5) is 15.3. The molecule has 27 heavy (non-hydrogen) atoms. The third-order valence-corrected chi connectivity index (χ3v) is 4.61. The standard InChI is InChI=1S/C19H17N7O/c1-25-11-14(8-23-25)16-9-22-19-18(21-6-7-26(16)19)24-15-4-2-13(3-5-15)17-10-20-12-27-17/h2-8,10-12,16H,9H2,1H3,(H,21,24). The van der Waals surface area contributed by atoms with Gasteiger partial charge in [0.15, 0.2) is 23.8 Å². The van der Waals surface area contributed by atoms with Gasteiger partial charge in [-0.2, -0.15) is 5.10 Å². The van der Waals surface area contributed by atoms with Crippen molar-refractivity contribution in [1.82, 2.24) is 19.7 Å². The monoisotopic (exact) mass is 359 g/mol. The number of hydrogen-bond acceptors (Lipinski definition) is 7. The molecule has 0 amide bonds. The average molecular weight is 359 g/mol. The maximum absolute atomic E-state index is 5.32. The van der Waals surface area contributed by atoms with Crippen LogP contribution in [0.4, 0.5) is 5.69 Å². The number of rotatable bonds is 3. The molecule has 0 saturated carbocycles. The molecule has 0 radical (unpaired) electrons. The summed E-state index contributed by atoms with van der Waals surface area (Å²) in [6, 6.07) is 8.07. The number of oxazole rings is 1. The molecular formula is C19H17N7O. The van der Waals surface area contributed by atoms with Gasteiger partial charge < -0.3 is 14.6 Å². The van der Waals surface area contributed by atoms with E-state index in [-0.39, 0.29) is 6.04 Å². The summed E-state index contributed by atoms with van der Waals surface area (Å²) >= 11 is 0. The van der Waals surface area contributed by atoms with Gasteiger partial charge in [-0.15, -0.1) is 0 Å². The largest absolute Gasteiger partial charge is 0.444 e. The lowest BCUT2D eigenvalue weighted by Crippen LogP contribution is -2.37. The van der Waals surface area contributed by atoms with Gasteiger partial charge in [-0.25, -0.2) is 9.98 Å². The maximum Gasteiger partial charge on any atom is 0.181 e. The van der Waals surface area contributed by atoms with Crippen LogP contribution in [0.25, 0.3) is 11.3 Å². The number of aryl methyl sites for hydroxylation is 1. The quantitative estimate of drug-likeness (QED) is 0.777. The summed E-state index contributed by atoms with van der Waals surface area (Å²) < 4.78 is 7.13. The van der Waals surface area contributed by atoms with Gasteiger partial charge in [0.2, 0.25) is 0 Å². The Morgan fingerprint density at radius 3 is 2.81 bits per heavy atom. The topological polar surface area (TPSA) is 83.8 Å². The maximum atomic E-state index is 5.32. The molecule has 8 nitrogen and oxygen atoms in total. The smallest absolute Gasteiger partial charge is 0.181 e. The van der Waals surface area contributed by atoms with Crippen LogP contribution in [0.15, 0.2) is 76.1 Å². The first-order valence-electron chi connectivity index (χ1n) is 8.60. The van der Waals surface area contributed by atoms with Crippen LogP contribution in [-0.4, -0.2) is 37.9 Å². The van der Waals surface area contributed by atoms with E-state index in [0.29, 0.717) is 6.54 Å². The molecule has 1 N–H and O–H groups in total. The Balaban J connectivity index is 1.34. The second-order valence-electron chi connectivity index (χ2n) is 6.38. The highest BCUT2D eigenvalue weighted by atomic mass is 16.3. The minimum atomic E-state index is 0.145. The van der Waals surface area contributed by atoms with Crippen LogP contribution >= 0.6 is 0 Å². The van der Waals surface area contributed by atoms with Gasteiger partial charge in [-0.05, 0) is 24.3 Å². The number of aromatic nitrogens is 3. The molecule has 2 aliphatic rings. The Morgan fingerprint density at radius 1 is 1.19 bits per heavy atom. The molecule has 8 heteroatoms. The molecule has 0 spiro atoms. The van der Waals surface area contributed by atoms with Gasteiger partial charge >= 0.3 is 0 Å². The molecule has 2 aliphatic heterocycles. The lowest BCUT2D eigenvalue weighted by atomic mass is 10.1. The second kappa shape index (κ2) is 6.24. The van der Waals surface area contributed by atoms with Crippen LogP contribution in [0, 0.1) is 0 Å². The third-order valence-electron chi connectivity index (χ3n) is 4.61. The molecule has 5 rings (SSSR count). The predicted molar refractivity (Wildman–Crippen MR) is 102 cm³/mol.